The van der Waals surface area contributed by atoms with E-state index in [2.05, 4.69) is 61.7 Å². The van der Waals surface area contributed by atoms with Crippen molar-refractivity contribution in [3.8, 4) is 0 Å². The molecule has 1 aromatic rings. The summed E-state index contributed by atoms with van der Waals surface area (Å²) in [5.41, 5.74) is 2.30. The number of rotatable bonds is 6. The Morgan fingerprint density at radius 2 is 1.84 bits per heavy atom. The Balaban J connectivity index is 2.73. The molecule has 2 nitrogen and oxygen atoms in total. The highest BCUT2D eigenvalue weighted by Crippen LogP contribution is 2.28. The van der Waals surface area contributed by atoms with E-state index in [-0.39, 0.29) is 0 Å². The highest BCUT2D eigenvalue weighted by Gasteiger charge is 2.08. The molecule has 0 bridgehead atoms. The third kappa shape index (κ3) is 5.43. The number of benzene rings is 1. The summed E-state index contributed by atoms with van der Waals surface area (Å²) in [6, 6.07) is 8.62. The fraction of sp³-hybridized carbons (Fsp3) is 0.375. The van der Waals surface area contributed by atoms with Crippen LogP contribution in [0.25, 0.3) is 5.57 Å². The largest absolute Gasteiger partial charge is 0.253 e. The lowest BCUT2D eigenvalue weighted by atomic mass is 10.1. The molecule has 0 aliphatic rings. The number of hydrogen-bond donors (Lipinski definition) is 0. The van der Waals surface area contributed by atoms with E-state index < -0.39 is 0 Å². The van der Waals surface area contributed by atoms with Gasteiger partial charge in [-0.25, -0.2) is 4.99 Å². The Labute approximate surface area is 120 Å². The zero-order valence-electron chi connectivity index (χ0n) is 12.1. The molecule has 102 valence electrons. The molecule has 0 aromatic heterocycles. The summed E-state index contributed by atoms with van der Waals surface area (Å²) < 4.78 is 0. The van der Waals surface area contributed by atoms with Crippen molar-refractivity contribution < 1.29 is 0 Å². The molecule has 0 radical (unpaired) electrons. The van der Waals surface area contributed by atoms with Crippen LogP contribution in [0.1, 0.15) is 33.3 Å². The van der Waals surface area contributed by atoms with Crippen LogP contribution in [0, 0.1) is 5.92 Å². The molecule has 0 saturated heterocycles. The highest BCUT2D eigenvalue weighted by atomic mass is 32.2. The lowest BCUT2D eigenvalue weighted by Gasteiger charge is -2.15. The van der Waals surface area contributed by atoms with E-state index >= 15 is 0 Å². The average molecular weight is 274 g/mol. The smallest absolute Gasteiger partial charge is 0.114 e. The van der Waals surface area contributed by atoms with Crippen LogP contribution in [0.5, 0.6) is 0 Å². The molecule has 0 aliphatic carbocycles. The van der Waals surface area contributed by atoms with Crippen LogP contribution in [0.15, 0.2) is 45.3 Å². The average Bonchev–Trinajstić information content (AvgIpc) is 2.39. The first-order chi connectivity index (χ1) is 9.04. The van der Waals surface area contributed by atoms with Crippen molar-refractivity contribution in [1.29, 1.82) is 0 Å². The number of aliphatic imine (C=N–C) groups is 2. The van der Waals surface area contributed by atoms with Crippen LogP contribution in [0.4, 0.5) is 0 Å². The Morgan fingerprint density at radius 1 is 1.21 bits per heavy atom. The zero-order valence-corrected chi connectivity index (χ0v) is 12.9. The maximum Gasteiger partial charge on any atom is 0.114 e. The van der Waals surface area contributed by atoms with E-state index in [1.54, 1.807) is 6.20 Å². The Morgan fingerprint density at radius 3 is 2.37 bits per heavy atom. The summed E-state index contributed by atoms with van der Waals surface area (Å²) in [6.07, 6.45) is 3.24. The number of allylic oxidation sites excluding steroid dienone is 1. The summed E-state index contributed by atoms with van der Waals surface area (Å²) in [7, 11) is 0. The van der Waals surface area contributed by atoms with Gasteiger partial charge in [0, 0.05) is 16.3 Å². The summed E-state index contributed by atoms with van der Waals surface area (Å²) in [4.78, 5) is 8.93. The molecular formula is C16H22N2S. The first kappa shape index (κ1) is 15.7. The van der Waals surface area contributed by atoms with Crippen LogP contribution in [-0.2, 0) is 0 Å². The second-order valence-corrected chi connectivity index (χ2v) is 6.30. The number of nitrogens with zero attached hydrogens (tertiary/aromatic N) is 2. The van der Waals surface area contributed by atoms with Crippen molar-refractivity contribution in [3.63, 3.8) is 0 Å². The van der Waals surface area contributed by atoms with Gasteiger partial charge in [0.15, 0.2) is 0 Å². The molecule has 1 rings (SSSR count). The zero-order chi connectivity index (χ0) is 14.3. The summed E-state index contributed by atoms with van der Waals surface area (Å²) in [5.74, 6) is 0.687. The SMILES string of the molecule is C=N/C=N\C=C(/C)c1ccc(S[C@@H](C)C(C)C)cc1. The number of thioether (sulfide) groups is 1. The van der Waals surface area contributed by atoms with Gasteiger partial charge in [-0.3, -0.25) is 4.99 Å². The standard InChI is InChI=1S/C16H22N2S/c1-12(2)14(4)19-16-8-6-15(7-9-16)13(3)10-18-11-17-5/h6-12,14H,5H2,1-4H3/b13-10+,18-11-/t14-/m0/s1. The normalized spacial score (nSPS) is 14.1. The predicted octanol–water partition coefficient (Wildman–Crippen LogP) is 4.91. The molecule has 0 amide bonds. The summed E-state index contributed by atoms with van der Waals surface area (Å²) in [5, 5.41) is 0.630. The maximum atomic E-state index is 4.04. The van der Waals surface area contributed by atoms with E-state index in [4.69, 9.17) is 0 Å². The maximum absolute atomic E-state index is 4.04. The van der Waals surface area contributed by atoms with Gasteiger partial charge in [-0.1, -0.05) is 32.9 Å². The number of hydrogen-bond acceptors (Lipinski definition) is 2. The van der Waals surface area contributed by atoms with Crippen molar-refractivity contribution in [2.75, 3.05) is 0 Å². The van der Waals surface area contributed by atoms with Gasteiger partial charge in [-0.15, -0.1) is 11.8 Å². The van der Waals surface area contributed by atoms with Gasteiger partial charge in [-0.05, 0) is 42.8 Å². The van der Waals surface area contributed by atoms with Crippen LogP contribution in [-0.4, -0.2) is 18.3 Å². The molecule has 19 heavy (non-hydrogen) atoms. The molecule has 0 spiro atoms. The van der Waals surface area contributed by atoms with Crippen molar-refractivity contribution in [2.45, 2.75) is 37.8 Å². The third-order valence-corrected chi connectivity index (χ3v) is 4.45. The molecule has 3 heteroatoms. The van der Waals surface area contributed by atoms with Crippen LogP contribution in [0.3, 0.4) is 0 Å². The highest BCUT2D eigenvalue weighted by molar-refractivity contribution is 8.00. The minimum absolute atomic E-state index is 0.630. The first-order valence-corrected chi connectivity index (χ1v) is 7.34. The van der Waals surface area contributed by atoms with Gasteiger partial charge in [0.2, 0.25) is 0 Å². The van der Waals surface area contributed by atoms with Gasteiger partial charge >= 0.3 is 0 Å². The molecule has 0 heterocycles. The second kappa shape index (κ2) is 7.95. The molecule has 0 aliphatic heterocycles. The Kier molecular flexibility index (Phi) is 6.57. The monoisotopic (exact) mass is 274 g/mol. The molecular weight excluding hydrogens is 252 g/mol. The molecule has 0 fully saturated rings. The fourth-order valence-corrected chi connectivity index (χ4v) is 2.41. The molecule has 1 atom stereocenters. The van der Waals surface area contributed by atoms with Crippen molar-refractivity contribution in [3.05, 3.63) is 36.0 Å². The third-order valence-electron chi connectivity index (χ3n) is 2.99. The van der Waals surface area contributed by atoms with E-state index in [9.17, 15) is 0 Å². The molecule has 0 N–H and O–H groups in total. The van der Waals surface area contributed by atoms with Crippen LogP contribution < -0.4 is 0 Å². The lowest BCUT2D eigenvalue weighted by molar-refractivity contribution is 0.642. The van der Waals surface area contributed by atoms with E-state index in [0.29, 0.717) is 11.2 Å². The van der Waals surface area contributed by atoms with Crippen molar-refractivity contribution in [2.24, 2.45) is 15.9 Å². The van der Waals surface area contributed by atoms with E-state index in [1.807, 2.05) is 18.7 Å². The minimum Gasteiger partial charge on any atom is -0.253 e. The van der Waals surface area contributed by atoms with Gasteiger partial charge in [0.25, 0.3) is 0 Å². The lowest BCUT2D eigenvalue weighted by Crippen LogP contribution is -2.04. The minimum atomic E-state index is 0.630. The predicted molar refractivity (Wildman–Crippen MR) is 88.3 cm³/mol. The molecule has 0 unspecified atom stereocenters. The molecule has 0 saturated carbocycles. The van der Waals surface area contributed by atoms with Crippen molar-refractivity contribution >= 4 is 30.4 Å². The topological polar surface area (TPSA) is 24.7 Å². The molecule has 1 aromatic carbocycles. The van der Waals surface area contributed by atoms with E-state index in [1.165, 1.54) is 16.8 Å². The second-order valence-electron chi connectivity index (χ2n) is 4.85. The quantitative estimate of drug-likeness (QED) is 0.411. The van der Waals surface area contributed by atoms with Crippen LogP contribution in [0.2, 0.25) is 0 Å². The van der Waals surface area contributed by atoms with Gasteiger partial charge in [0.05, 0.1) is 0 Å². The van der Waals surface area contributed by atoms with Crippen LogP contribution >= 0.6 is 11.8 Å². The Hall–Kier alpha value is -1.35. The van der Waals surface area contributed by atoms with Gasteiger partial charge in [-0.2, -0.15) is 0 Å². The van der Waals surface area contributed by atoms with Gasteiger partial charge in [0.1, 0.15) is 6.34 Å². The van der Waals surface area contributed by atoms with Gasteiger partial charge < -0.3 is 0 Å². The fourth-order valence-electron chi connectivity index (χ4n) is 1.41. The Bertz CT molecular complexity index is 458. The summed E-state index contributed by atoms with van der Waals surface area (Å²) >= 11 is 1.92. The van der Waals surface area contributed by atoms with Crippen molar-refractivity contribution in [1.82, 2.24) is 0 Å². The van der Waals surface area contributed by atoms with E-state index in [0.717, 1.165) is 5.57 Å². The summed E-state index contributed by atoms with van der Waals surface area (Å²) in [6.45, 7) is 12.2. The first-order valence-electron chi connectivity index (χ1n) is 6.46.